The van der Waals surface area contributed by atoms with Crippen LogP contribution in [0.3, 0.4) is 0 Å². The first-order valence-electron chi connectivity index (χ1n) is 10.8. The molecule has 0 unspecified atom stereocenters. The number of carbonyl (C=O) groups is 1. The maximum atomic E-state index is 14.9. The van der Waals surface area contributed by atoms with E-state index >= 15 is 0 Å². The molecule has 0 amide bonds. The number of aromatic nitrogens is 6. The van der Waals surface area contributed by atoms with Crippen molar-refractivity contribution in [3.8, 4) is 28.3 Å². The third kappa shape index (κ3) is 5.45. The lowest BCUT2D eigenvalue weighted by atomic mass is 10.1. The number of halogens is 3. The first-order valence-corrected chi connectivity index (χ1v) is 12.0. The Balaban J connectivity index is 1.52. The molecular formula is C26H15ClF2N6OS. The van der Waals surface area contributed by atoms with Crippen molar-refractivity contribution in [2.45, 2.75) is 5.16 Å². The van der Waals surface area contributed by atoms with Gasteiger partial charge in [-0.15, -0.1) is 5.10 Å². The number of tetrazole rings is 1. The minimum atomic E-state index is -0.803. The number of hydrogen-bond acceptors (Lipinski definition) is 7. The highest BCUT2D eigenvalue weighted by atomic mass is 35.5. The van der Waals surface area contributed by atoms with E-state index in [9.17, 15) is 13.6 Å². The van der Waals surface area contributed by atoms with Crippen LogP contribution in [-0.4, -0.2) is 36.0 Å². The molecule has 0 saturated carbocycles. The van der Waals surface area contributed by atoms with Crippen LogP contribution in [-0.2, 0) is 0 Å². The van der Waals surface area contributed by atoms with Crippen molar-refractivity contribution >= 4 is 29.1 Å². The summed E-state index contributed by atoms with van der Waals surface area (Å²) in [6.07, 6.45) is 2.84. The van der Waals surface area contributed by atoms with E-state index in [2.05, 4.69) is 25.5 Å². The van der Waals surface area contributed by atoms with Crippen LogP contribution >= 0.6 is 23.4 Å². The quantitative estimate of drug-likeness (QED) is 0.107. The number of para-hydroxylation sites is 1. The first-order chi connectivity index (χ1) is 18.0. The zero-order valence-corrected chi connectivity index (χ0v) is 20.4. The van der Waals surface area contributed by atoms with Gasteiger partial charge in [-0.2, -0.15) is 4.68 Å². The summed E-state index contributed by atoms with van der Waals surface area (Å²) in [5.74, 6) is -1.48. The van der Waals surface area contributed by atoms with Crippen LogP contribution in [0.2, 0.25) is 5.02 Å². The number of allylic oxidation sites excluding steroid dienone is 1. The van der Waals surface area contributed by atoms with Crippen molar-refractivity contribution in [2.75, 3.05) is 0 Å². The Hall–Kier alpha value is -4.28. The van der Waals surface area contributed by atoms with Crippen molar-refractivity contribution in [1.29, 1.82) is 0 Å². The molecule has 0 fully saturated rings. The molecule has 182 valence electrons. The summed E-state index contributed by atoms with van der Waals surface area (Å²) in [5, 5.41) is 14.2. The summed E-state index contributed by atoms with van der Waals surface area (Å²) in [6, 6.07) is 18.8. The lowest BCUT2D eigenvalue weighted by molar-refractivity contribution is 0.104. The van der Waals surface area contributed by atoms with Gasteiger partial charge in [0.1, 0.15) is 11.6 Å². The Morgan fingerprint density at radius 3 is 2.51 bits per heavy atom. The third-order valence-electron chi connectivity index (χ3n) is 5.19. The number of carbonyl (C=O) groups excluding carboxylic acids is 1. The van der Waals surface area contributed by atoms with Gasteiger partial charge in [-0.25, -0.2) is 18.7 Å². The van der Waals surface area contributed by atoms with Crippen LogP contribution in [0.25, 0.3) is 28.3 Å². The van der Waals surface area contributed by atoms with E-state index < -0.39 is 11.6 Å². The second kappa shape index (κ2) is 10.8. The van der Waals surface area contributed by atoms with E-state index in [1.807, 2.05) is 30.3 Å². The molecule has 0 N–H and O–H groups in total. The molecule has 5 aromatic rings. The van der Waals surface area contributed by atoms with Crippen molar-refractivity contribution in [3.63, 3.8) is 0 Å². The summed E-state index contributed by atoms with van der Waals surface area (Å²) in [6.45, 7) is 0. The van der Waals surface area contributed by atoms with Crippen LogP contribution in [0.4, 0.5) is 8.78 Å². The number of hydrogen-bond donors (Lipinski definition) is 0. The van der Waals surface area contributed by atoms with Crippen molar-refractivity contribution in [3.05, 3.63) is 113 Å². The van der Waals surface area contributed by atoms with E-state index in [0.717, 1.165) is 23.9 Å². The Morgan fingerprint density at radius 1 is 0.973 bits per heavy atom. The molecule has 0 spiro atoms. The van der Waals surface area contributed by atoms with Gasteiger partial charge < -0.3 is 0 Å². The molecule has 0 aliphatic heterocycles. The minimum Gasteiger partial charge on any atom is -0.289 e. The smallest absolute Gasteiger partial charge is 0.192 e. The highest BCUT2D eigenvalue weighted by Crippen LogP contribution is 2.33. The fourth-order valence-corrected chi connectivity index (χ4v) is 4.14. The lowest BCUT2D eigenvalue weighted by Crippen LogP contribution is -2.03. The molecule has 0 atom stereocenters. The predicted octanol–water partition coefficient (Wildman–Crippen LogP) is 6.21. The Morgan fingerprint density at radius 2 is 1.76 bits per heavy atom. The fraction of sp³-hybridized carbons (Fsp3) is 0. The summed E-state index contributed by atoms with van der Waals surface area (Å²) in [4.78, 5) is 21.3. The zero-order valence-electron chi connectivity index (χ0n) is 18.8. The van der Waals surface area contributed by atoms with Gasteiger partial charge >= 0.3 is 0 Å². The van der Waals surface area contributed by atoms with Crippen LogP contribution in [0.15, 0.2) is 95.6 Å². The number of thioether (sulfide) groups is 1. The normalized spacial score (nSPS) is 11.2. The second-order valence-corrected chi connectivity index (χ2v) is 8.89. The topological polar surface area (TPSA) is 86.5 Å². The number of nitrogens with zero attached hydrogens (tertiary/aromatic N) is 6. The molecule has 3 aromatic carbocycles. The van der Waals surface area contributed by atoms with E-state index in [-0.39, 0.29) is 28.0 Å². The van der Waals surface area contributed by atoms with Crippen LogP contribution in [0, 0.1) is 11.6 Å². The molecule has 5 rings (SSSR count). The van der Waals surface area contributed by atoms with E-state index in [1.54, 1.807) is 24.3 Å². The van der Waals surface area contributed by atoms with Crippen LogP contribution in [0.5, 0.6) is 0 Å². The van der Waals surface area contributed by atoms with Gasteiger partial charge in [-0.3, -0.25) is 4.79 Å². The average molecular weight is 533 g/mol. The molecule has 0 saturated heterocycles. The SMILES string of the molecule is O=C(/C=C/Sc1ncc(-c2nnnn2-c2ccccc2)c(-c2ccc(F)cc2F)n1)c1ccc(Cl)cc1. The van der Waals surface area contributed by atoms with Crippen LogP contribution in [0.1, 0.15) is 10.4 Å². The molecule has 2 aromatic heterocycles. The predicted molar refractivity (Wildman–Crippen MR) is 136 cm³/mol. The summed E-state index contributed by atoms with van der Waals surface area (Å²) < 4.78 is 30.0. The Labute approximate surface area is 218 Å². The minimum absolute atomic E-state index is 0.0458. The zero-order chi connectivity index (χ0) is 25.8. The highest BCUT2D eigenvalue weighted by Gasteiger charge is 2.21. The molecule has 0 aliphatic carbocycles. The van der Waals surface area contributed by atoms with Gasteiger partial charge in [-0.1, -0.05) is 41.6 Å². The van der Waals surface area contributed by atoms with E-state index in [1.165, 1.54) is 28.4 Å². The average Bonchev–Trinajstić information content (AvgIpc) is 3.39. The lowest BCUT2D eigenvalue weighted by Gasteiger charge is -2.11. The number of benzene rings is 3. The first kappa shape index (κ1) is 24.4. The highest BCUT2D eigenvalue weighted by molar-refractivity contribution is 8.02. The van der Waals surface area contributed by atoms with Crippen LogP contribution < -0.4 is 0 Å². The van der Waals surface area contributed by atoms with Gasteiger partial charge in [0.05, 0.1) is 16.9 Å². The standard InChI is InChI=1S/C26H15ClF2N6OS/c27-17-8-6-16(7-9-17)23(36)12-13-37-26-30-15-21(24(31-26)20-11-10-18(28)14-22(20)29)25-32-33-34-35(25)19-4-2-1-3-5-19/h1-15H/b13-12+. The maximum Gasteiger partial charge on any atom is 0.192 e. The molecule has 0 bridgehead atoms. The monoisotopic (exact) mass is 532 g/mol. The summed E-state index contributed by atoms with van der Waals surface area (Å²) in [7, 11) is 0. The molecule has 2 heterocycles. The van der Waals surface area contributed by atoms with Gasteiger partial charge in [0.15, 0.2) is 16.8 Å². The number of ketones is 1. The van der Waals surface area contributed by atoms with Gasteiger partial charge in [-0.05, 0) is 70.4 Å². The number of rotatable bonds is 7. The van der Waals surface area contributed by atoms with Crippen molar-refractivity contribution < 1.29 is 13.6 Å². The molecule has 37 heavy (non-hydrogen) atoms. The Bertz CT molecular complexity index is 1610. The molecule has 7 nitrogen and oxygen atoms in total. The Kier molecular flexibility index (Phi) is 7.11. The van der Waals surface area contributed by atoms with Gasteiger partial charge in [0.25, 0.3) is 0 Å². The molecular weight excluding hydrogens is 518 g/mol. The van der Waals surface area contributed by atoms with Crippen molar-refractivity contribution in [1.82, 2.24) is 30.2 Å². The largest absolute Gasteiger partial charge is 0.289 e. The molecule has 0 radical (unpaired) electrons. The van der Waals surface area contributed by atoms with Gasteiger partial charge in [0, 0.05) is 28.4 Å². The third-order valence-corrected chi connectivity index (χ3v) is 6.12. The summed E-state index contributed by atoms with van der Waals surface area (Å²) in [5.41, 5.74) is 1.70. The second-order valence-electron chi connectivity index (χ2n) is 7.58. The maximum absolute atomic E-state index is 14.9. The fourth-order valence-electron chi connectivity index (χ4n) is 3.44. The van der Waals surface area contributed by atoms with Gasteiger partial charge in [0.2, 0.25) is 0 Å². The van der Waals surface area contributed by atoms with Crippen molar-refractivity contribution in [2.24, 2.45) is 0 Å². The molecule has 11 heteroatoms. The summed E-state index contributed by atoms with van der Waals surface area (Å²) >= 11 is 6.94. The van der Waals surface area contributed by atoms with E-state index in [4.69, 9.17) is 11.6 Å². The van der Waals surface area contributed by atoms with E-state index in [0.29, 0.717) is 21.8 Å². The molecule has 0 aliphatic rings.